The van der Waals surface area contributed by atoms with Crippen LogP contribution in [0.5, 0.6) is 0 Å². The van der Waals surface area contributed by atoms with Crippen LogP contribution in [-0.4, -0.2) is 64.5 Å². The summed E-state index contributed by atoms with van der Waals surface area (Å²) in [4.78, 5) is 45.3. The van der Waals surface area contributed by atoms with Crippen molar-refractivity contribution in [1.29, 1.82) is 0 Å². The van der Waals surface area contributed by atoms with Crippen LogP contribution in [0.15, 0.2) is 28.2 Å². The van der Waals surface area contributed by atoms with Crippen LogP contribution in [-0.2, 0) is 20.8 Å². The van der Waals surface area contributed by atoms with Gasteiger partial charge in [-0.1, -0.05) is 31.0 Å². The van der Waals surface area contributed by atoms with Gasteiger partial charge in [-0.25, -0.2) is 9.78 Å². The molecular formula is C25H33N3O5S. The summed E-state index contributed by atoms with van der Waals surface area (Å²) in [5, 5.41) is 0.483. The molecule has 8 nitrogen and oxygen atoms in total. The number of nitrogens with zero attached hydrogens (tertiary/aromatic N) is 3. The summed E-state index contributed by atoms with van der Waals surface area (Å²) >= 11 is 1.29. The molecule has 0 bridgehead atoms. The fourth-order valence-electron chi connectivity index (χ4n) is 4.83. The Hall–Kier alpha value is -2.39. The van der Waals surface area contributed by atoms with Crippen molar-refractivity contribution in [2.24, 2.45) is 0 Å². The third-order valence-electron chi connectivity index (χ3n) is 6.85. The molecule has 2 aromatic rings. The van der Waals surface area contributed by atoms with E-state index < -0.39 is 11.2 Å². The summed E-state index contributed by atoms with van der Waals surface area (Å²) in [6, 6.07) is 5.03. The van der Waals surface area contributed by atoms with Crippen molar-refractivity contribution in [3.8, 4) is 0 Å². The van der Waals surface area contributed by atoms with E-state index in [0.29, 0.717) is 34.8 Å². The molecule has 1 aliphatic carbocycles. The Bertz CT molecular complexity index is 1110. The summed E-state index contributed by atoms with van der Waals surface area (Å²) in [5.74, 6) is -0.447. The summed E-state index contributed by atoms with van der Waals surface area (Å²) < 4.78 is 12.2. The molecule has 184 valence electrons. The highest BCUT2D eigenvalue weighted by atomic mass is 32.2. The van der Waals surface area contributed by atoms with Gasteiger partial charge in [-0.05, 0) is 50.8 Å². The van der Waals surface area contributed by atoms with Crippen LogP contribution in [0, 0.1) is 0 Å². The Morgan fingerprint density at radius 3 is 2.68 bits per heavy atom. The lowest BCUT2D eigenvalue weighted by Crippen LogP contribution is -2.42. The number of aromatic nitrogens is 2. The largest absolute Gasteiger partial charge is 0.465 e. The second kappa shape index (κ2) is 10.9. The second-order valence-corrected chi connectivity index (χ2v) is 10.5. The summed E-state index contributed by atoms with van der Waals surface area (Å²) in [7, 11) is 3.20. The first-order valence-corrected chi connectivity index (χ1v) is 12.9. The van der Waals surface area contributed by atoms with E-state index in [1.807, 2.05) is 18.9 Å². The van der Waals surface area contributed by atoms with Crippen LogP contribution in [0.4, 0.5) is 0 Å². The topological polar surface area (TPSA) is 90.7 Å². The van der Waals surface area contributed by atoms with Gasteiger partial charge in [0.25, 0.3) is 5.56 Å². The lowest BCUT2D eigenvalue weighted by molar-refractivity contribution is -0.131. The zero-order valence-corrected chi connectivity index (χ0v) is 20.9. The van der Waals surface area contributed by atoms with Crippen LogP contribution < -0.4 is 5.56 Å². The molecule has 1 saturated carbocycles. The van der Waals surface area contributed by atoms with Gasteiger partial charge in [-0.2, -0.15) is 0 Å². The second-order valence-electron chi connectivity index (χ2n) is 9.17. The number of hydrogen-bond acceptors (Lipinski definition) is 7. The molecule has 1 amide bonds. The molecule has 1 aliphatic heterocycles. The number of thioether (sulfide) groups is 1. The Kier molecular flexibility index (Phi) is 7.93. The number of rotatable bonds is 7. The normalized spacial score (nSPS) is 19.8. The van der Waals surface area contributed by atoms with Crippen molar-refractivity contribution in [3.05, 3.63) is 34.1 Å². The number of ether oxygens (including phenoxy) is 2. The molecule has 0 spiro atoms. The highest BCUT2D eigenvalue weighted by molar-refractivity contribution is 8.00. The SMILES string of the molecule is COC(=O)c1ccc2c(=O)n(CC3CCCO3)c(SC(C)C(=O)N(C)C3CCCCC3)nc2c1. The number of carbonyl (C=O) groups excluding carboxylic acids is 2. The van der Waals surface area contributed by atoms with Gasteiger partial charge >= 0.3 is 5.97 Å². The van der Waals surface area contributed by atoms with Crippen LogP contribution >= 0.6 is 11.8 Å². The van der Waals surface area contributed by atoms with Crippen molar-refractivity contribution < 1.29 is 19.1 Å². The van der Waals surface area contributed by atoms with Gasteiger partial charge in [0.1, 0.15) is 0 Å². The maximum atomic E-state index is 13.5. The zero-order chi connectivity index (χ0) is 24.2. The van der Waals surface area contributed by atoms with Gasteiger partial charge < -0.3 is 14.4 Å². The van der Waals surface area contributed by atoms with Crippen LogP contribution in [0.1, 0.15) is 62.2 Å². The summed E-state index contributed by atoms with van der Waals surface area (Å²) in [6.07, 6.45) is 7.40. The lowest BCUT2D eigenvalue weighted by atomic mass is 9.94. The first-order chi connectivity index (χ1) is 16.4. The highest BCUT2D eigenvalue weighted by Crippen LogP contribution is 2.28. The van der Waals surface area contributed by atoms with Gasteiger partial charge in [0.2, 0.25) is 5.91 Å². The maximum absolute atomic E-state index is 13.5. The smallest absolute Gasteiger partial charge is 0.337 e. The summed E-state index contributed by atoms with van der Waals surface area (Å²) in [5.41, 5.74) is 0.551. The van der Waals surface area contributed by atoms with Gasteiger partial charge in [0.05, 0.1) is 41.5 Å². The highest BCUT2D eigenvalue weighted by Gasteiger charge is 2.28. The van der Waals surface area contributed by atoms with E-state index in [2.05, 4.69) is 0 Å². The van der Waals surface area contributed by atoms with Crippen LogP contribution in [0.25, 0.3) is 10.9 Å². The number of hydrogen-bond donors (Lipinski definition) is 0. The van der Waals surface area contributed by atoms with Gasteiger partial charge in [0, 0.05) is 19.7 Å². The van der Waals surface area contributed by atoms with Crippen molar-refractivity contribution in [1.82, 2.24) is 14.5 Å². The van der Waals surface area contributed by atoms with Crippen LogP contribution in [0.3, 0.4) is 0 Å². The number of benzene rings is 1. The zero-order valence-electron chi connectivity index (χ0n) is 20.1. The Morgan fingerprint density at radius 2 is 2.00 bits per heavy atom. The Balaban J connectivity index is 1.66. The van der Waals surface area contributed by atoms with Gasteiger partial charge in [-0.15, -0.1) is 0 Å². The number of fused-ring (bicyclic) bond motifs is 1. The molecule has 0 radical (unpaired) electrons. The number of methoxy groups -OCH3 is 1. The minimum Gasteiger partial charge on any atom is -0.465 e. The maximum Gasteiger partial charge on any atom is 0.337 e. The predicted octanol–water partition coefficient (Wildman–Crippen LogP) is 3.63. The molecule has 0 N–H and O–H groups in total. The molecule has 1 saturated heterocycles. The third kappa shape index (κ3) is 5.30. The molecule has 2 heterocycles. The van der Waals surface area contributed by atoms with Crippen LogP contribution in [0.2, 0.25) is 0 Å². The molecule has 2 aliphatic rings. The van der Waals surface area contributed by atoms with E-state index in [-0.39, 0.29) is 23.6 Å². The average Bonchev–Trinajstić information content (AvgIpc) is 3.38. The van der Waals surface area contributed by atoms with E-state index in [1.54, 1.807) is 22.8 Å². The molecule has 9 heteroatoms. The van der Waals surface area contributed by atoms with E-state index in [9.17, 15) is 14.4 Å². The van der Waals surface area contributed by atoms with Crippen molar-refractivity contribution in [2.45, 2.75) is 81.0 Å². The standard InChI is InChI=1S/C25H33N3O5S/c1-16(22(29)27(2)18-8-5-4-6-9-18)34-25-26-21-14-17(24(31)32-3)11-12-20(21)23(30)28(25)15-19-10-7-13-33-19/h11-12,14,16,18-19H,4-10,13,15H2,1-3H3. The summed E-state index contributed by atoms with van der Waals surface area (Å²) in [6.45, 7) is 2.94. The molecule has 1 aromatic heterocycles. The third-order valence-corrected chi connectivity index (χ3v) is 7.93. The first-order valence-electron chi connectivity index (χ1n) is 12.1. The number of esters is 1. The minimum absolute atomic E-state index is 0.0400. The van der Waals surface area contributed by atoms with Gasteiger partial charge in [-0.3, -0.25) is 14.2 Å². The molecule has 2 unspecified atom stereocenters. The first kappa shape index (κ1) is 24.7. The Morgan fingerprint density at radius 1 is 1.24 bits per heavy atom. The average molecular weight is 488 g/mol. The van der Waals surface area contributed by atoms with E-state index in [0.717, 1.165) is 38.5 Å². The number of carbonyl (C=O) groups is 2. The van der Waals surface area contributed by atoms with Gasteiger partial charge in [0.15, 0.2) is 5.16 Å². The molecule has 34 heavy (non-hydrogen) atoms. The monoisotopic (exact) mass is 487 g/mol. The lowest BCUT2D eigenvalue weighted by Gasteiger charge is -2.32. The molecule has 2 atom stereocenters. The van der Waals surface area contributed by atoms with Crippen molar-refractivity contribution >= 4 is 34.5 Å². The molecular weight excluding hydrogens is 454 g/mol. The van der Waals surface area contributed by atoms with Crippen molar-refractivity contribution in [3.63, 3.8) is 0 Å². The quantitative estimate of drug-likeness (QED) is 0.335. The fourth-order valence-corrected chi connectivity index (χ4v) is 5.85. The fraction of sp³-hybridized carbons (Fsp3) is 0.600. The molecule has 2 fully saturated rings. The molecule has 4 rings (SSSR count). The number of amides is 1. The Labute approximate surface area is 204 Å². The van der Waals surface area contributed by atoms with E-state index in [4.69, 9.17) is 14.5 Å². The minimum atomic E-state index is -0.487. The molecule has 1 aromatic carbocycles. The van der Waals surface area contributed by atoms with Crippen molar-refractivity contribution in [2.75, 3.05) is 20.8 Å². The predicted molar refractivity (Wildman–Crippen MR) is 131 cm³/mol. The van der Waals surface area contributed by atoms with E-state index >= 15 is 0 Å². The van der Waals surface area contributed by atoms with E-state index in [1.165, 1.54) is 25.3 Å².